The minimum absolute atomic E-state index is 0.118. The Labute approximate surface area is 174 Å². The lowest BCUT2D eigenvalue weighted by Gasteiger charge is -2.22. The van der Waals surface area contributed by atoms with Gasteiger partial charge in [-0.25, -0.2) is 4.79 Å². The number of rotatable bonds is 8. The average molecular weight is 415 g/mol. The maximum absolute atomic E-state index is 12.8. The number of nitrogens with one attached hydrogen (secondary N) is 1. The van der Waals surface area contributed by atoms with E-state index in [0.717, 1.165) is 11.1 Å². The van der Waals surface area contributed by atoms with Crippen molar-refractivity contribution in [3.8, 4) is 0 Å². The Balaban J connectivity index is 1.66. The molecule has 0 aromatic rings. The van der Waals surface area contributed by atoms with Crippen LogP contribution in [0.2, 0.25) is 0 Å². The van der Waals surface area contributed by atoms with Gasteiger partial charge in [0, 0.05) is 13.0 Å². The van der Waals surface area contributed by atoms with Crippen molar-refractivity contribution in [3.63, 3.8) is 0 Å². The zero-order valence-electron chi connectivity index (χ0n) is 17.1. The van der Waals surface area contributed by atoms with Crippen LogP contribution < -0.4 is 5.32 Å². The molecule has 3 rings (SSSR count). The van der Waals surface area contributed by atoms with Crippen molar-refractivity contribution in [2.45, 2.75) is 44.6 Å². The number of fused-ring (bicyclic) bond motifs is 1. The standard InChI is InChI=1S/C22H25NO7/c1-13(11-14(2)12-16-7-10-29-18(16)26)5-4-6-15(3)17(25)22-19(30-22)21(28,8-9-24)23-20(22)27/h4-7,11-12,19,24,28H,8-10H2,1-3H3,(H,23,27)/b5-4+,13-11+,14-12+,15-6+/t19-,21-,22-/m0/s1. The number of cyclic esters (lactones) is 1. The van der Waals surface area contributed by atoms with Crippen LogP contribution >= 0.6 is 0 Å². The third kappa shape index (κ3) is 3.94. The van der Waals surface area contributed by atoms with Gasteiger partial charge in [0.25, 0.3) is 5.91 Å². The molecule has 160 valence electrons. The fourth-order valence-corrected chi connectivity index (χ4v) is 3.65. The minimum Gasteiger partial charge on any atom is -0.458 e. The van der Waals surface area contributed by atoms with Gasteiger partial charge in [-0.1, -0.05) is 35.5 Å². The van der Waals surface area contributed by atoms with E-state index in [9.17, 15) is 19.5 Å². The second-order valence-corrected chi connectivity index (χ2v) is 7.66. The minimum atomic E-state index is -1.73. The van der Waals surface area contributed by atoms with Crippen molar-refractivity contribution < 1.29 is 34.1 Å². The van der Waals surface area contributed by atoms with Gasteiger partial charge in [-0.15, -0.1) is 0 Å². The molecule has 3 atom stereocenters. The van der Waals surface area contributed by atoms with E-state index in [0.29, 0.717) is 17.8 Å². The summed E-state index contributed by atoms with van der Waals surface area (Å²) in [6.07, 6.45) is 9.25. The first-order valence-electron chi connectivity index (χ1n) is 9.61. The lowest BCUT2D eigenvalue weighted by Crippen LogP contribution is -2.48. The van der Waals surface area contributed by atoms with Gasteiger partial charge in [0.15, 0.2) is 11.8 Å². The molecule has 8 nitrogen and oxygen atoms in total. The predicted octanol–water partition coefficient (Wildman–Crippen LogP) is 0.772. The molecule has 0 aromatic carbocycles. The van der Waals surface area contributed by atoms with E-state index in [4.69, 9.17) is 14.6 Å². The summed E-state index contributed by atoms with van der Waals surface area (Å²) in [6, 6.07) is 0. The third-order valence-corrected chi connectivity index (χ3v) is 5.20. The second kappa shape index (κ2) is 8.14. The molecule has 3 aliphatic rings. The summed E-state index contributed by atoms with van der Waals surface area (Å²) in [6.45, 7) is 5.25. The van der Waals surface area contributed by atoms with Crippen LogP contribution in [0, 0.1) is 0 Å². The SMILES string of the molecule is CC(=C\C1=CCOC1=O)/C=C(C)/C=C/C=C(\C)C(=O)[C@]12O[C@H]1[C@@](O)(CCO)NC2=O. The molecule has 2 fully saturated rings. The number of hydrogen-bond acceptors (Lipinski definition) is 7. The smallest absolute Gasteiger partial charge is 0.338 e. The zero-order chi connectivity index (χ0) is 22.1. The Hall–Kier alpha value is -2.81. The Bertz CT molecular complexity index is 939. The first-order valence-corrected chi connectivity index (χ1v) is 9.61. The molecule has 0 unspecified atom stereocenters. The van der Waals surface area contributed by atoms with E-state index in [1.54, 1.807) is 37.3 Å². The fourth-order valence-electron chi connectivity index (χ4n) is 3.65. The molecule has 8 heteroatoms. The van der Waals surface area contributed by atoms with Crippen molar-refractivity contribution >= 4 is 17.7 Å². The first-order chi connectivity index (χ1) is 14.1. The van der Waals surface area contributed by atoms with Crippen molar-refractivity contribution in [3.05, 3.63) is 58.7 Å². The van der Waals surface area contributed by atoms with Crippen molar-refractivity contribution in [2.24, 2.45) is 0 Å². The molecule has 0 saturated carbocycles. The van der Waals surface area contributed by atoms with Gasteiger partial charge >= 0.3 is 5.97 Å². The van der Waals surface area contributed by atoms with E-state index < -0.39 is 29.1 Å². The number of ether oxygens (including phenoxy) is 2. The Morgan fingerprint density at radius 1 is 1.30 bits per heavy atom. The van der Waals surface area contributed by atoms with Crippen molar-refractivity contribution in [2.75, 3.05) is 13.2 Å². The topological polar surface area (TPSA) is 125 Å². The summed E-state index contributed by atoms with van der Waals surface area (Å²) < 4.78 is 10.2. The molecule has 3 aliphatic heterocycles. The van der Waals surface area contributed by atoms with Gasteiger partial charge in [-0.3, -0.25) is 9.59 Å². The Morgan fingerprint density at radius 3 is 2.63 bits per heavy atom. The number of aliphatic hydroxyl groups excluding tert-OH is 1. The number of allylic oxidation sites excluding steroid dienone is 6. The predicted molar refractivity (Wildman–Crippen MR) is 107 cm³/mol. The summed E-state index contributed by atoms with van der Waals surface area (Å²) in [5.74, 6) is -1.55. The summed E-state index contributed by atoms with van der Waals surface area (Å²) >= 11 is 0. The van der Waals surface area contributed by atoms with E-state index >= 15 is 0 Å². The van der Waals surface area contributed by atoms with Crippen molar-refractivity contribution in [1.82, 2.24) is 5.32 Å². The molecule has 30 heavy (non-hydrogen) atoms. The normalized spacial score (nSPS) is 31.6. The number of Topliss-reactive ketones (excluding diaryl/α,β-unsaturated/α-hetero) is 1. The van der Waals surface area contributed by atoms with Crippen LogP contribution in [0.5, 0.6) is 0 Å². The highest BCUT2D eigenvalue weighted by atomic mass is 16.6. The number of aliphatic hydroxyl groups is 2. The van der Waals surface area contributed by atoms with Gasteiger partial charge in [-0.2, -0.15) is 0 Å². The number of ketones is 1. The van der Waals surface area contributed by atoms with Gasteiger partial charge in [0.1, 0.15) is 6.61 Å². The van der Waals surface area contributed by atoms with Crippen LogP contribution in [0.15, 0.2) is 58.7 Å². The van der Waals surface area contributed by atoms with Crippen LogP contribution in [0.3, 0.4) is 0 Å². The van der Waals surface area contributed by atoms with Crippen LogP contribution in [-0.4, -0.2) is 58.5 Å². The van der Waals surface area contributed by atoms with Gasteiger partial charge < -0.3 is 25.0 Å². The van der Waals surface area contributed by atoms with Crippen LogP contribution in [-0.2, 0) is 23.9 Å². The molecule has 0 aromatic heterocycles. The molecule has 2 saturated heterocycles. The lowest BCUT2D eigenvalue weighted by molar-refractivity contribution is -0.138. The first kappa shape index (κ1) is 21.9. The van der Waals surface area contributed by atoms with Crippen LogP contribution in [0.4, 0.5) is 0 Å². The summed E-state index contributed by atoms with van der Waals surface area (Å²) in [7, 11) is 0. The number of carbonyl (C=O) groups is 3. The summed E-state index contributed by atoms with van der Waals surface area (Å²) in [5.41, 5.74) is -0.860. The number of amides is 1. The maximum atomic E-state index is 12.8. The van der Waals surface area contributed by atoms with Gasteiger partial charge in [0.2, 0.25) is 11.4 Å². The number of esters is 1. The number of epoxide rings is 1. The van der Waals surface area contributed by atoms with Gasteiger partial charge in [-0.05, 0) is 38.5 Å². The lowest BCUT2D eigenvalue weighted by atomic mass is 9.92. The van der Waals surface area contributed by atoms with E-state index in [2.05, 4.69) is 5.32 Å². The monoisotopic (exact) mass is 415 g/mol. The molecule has 3 N–H and O–H groups in total. The molecule has 3 heterocycles. The van der Waals surface area contributed by atoms with Crippen LogP contribution in [0.1, 0.15) is 27.2 Å². The number of hydrogen-bond donors (Lipinski definition) is 3. The highest BCUT2D eigenvalue weighted by Crippen LogP contribution is 2.50. The Morgan fingerprint density at radius 2 is 2.03 bits per heavy atom. The van der Waals surface area contributed by atoms with E-state index in [-0.39, 0.29) is 19.0 Å². The molecule has 0 radical (unpaired) electrons. The summed E-state index contributed by atoms with van der Waals surface area (Å²) in [5, 5.41) is 21.8. The Kier molecular flexibility index (Phi) is 5.94. The van der Waals surface area contributed by atoms with Crippen LogP contribution in [0.25, 0.3) is 0 Å². The number of morpholine rings is 1. The molecule has 0 bridgehead atoms. The zero-order valence-corrected chi connectivity index (χ0v) is 17.1. The van der Waals surface area contributed by atoms with Crippen molar-refractivity contribution in [1.29, 1.82) is 0 Å². The highest BCUT2D eigenvalue weighted by molar-refractivity contribution is 6.21. The van der Waals surface area contributed by atoms with E-state index in [1.807, 2.05) is 19.9 Å². The van der Waals surface area contributed by atoms with E-state index in [1.165, 1.54) is 0 Å². The highest BCUT2D eigenvalue weighted by Gasteiger charge is 2.80. The summed E-state index contributed by atoms with van der Waals surface area (Å²) in [4.78, 5) is 36.5. The average Bonchev–Trinajstić information content (AvgIpc) is 3.27. The quantitative estimate of drug-likeness (QED) is 0.176. The molecule has 0 spiro atoms. The molecule has 1 amide bonds. The molecule has 0 aliphatic carbocycles. The third-order valence-electron chi connectivity index (χ3n) is 5.20. The second-order valence-electron chi connectivity index (χ2n) is 7.66. The molecular formula is C22H25NO7. The maximum Gasteiger partial charge on any atom is 0.338 e. The number of carbonyl (C=O) groups excluding carboxylic acids is 3. The fraction of sp³-hybridized carbons (Fsp3) is 0.409. The molecular weight excluding hydrogens is 390 g/mol. The van der Waals surface area contributed by atoms with Gasteiger partial charge in [0.05, 0.1) is 5.57 Å². The largest absolute Gasteiger partial charge is 0.458 e.